The van der Waals surface area contributed by atoms with Crippen LogP contribution in [0.1, 0.15) is 43.4 Å². The maximum atomic E-state index is 11.2. The Morgan fingerprint density at radius 3 is 2.94 bits per heavy atom. The van der Waals surface area contributed by atoms with Gasteiger partial charge in [-0.3, -0.25) is 4.79 Å². The largest absolute Gasteiger partial charge is 0.466 e. The van der Waals surface area contributed by atoms with Crippen molar-refractivity contribution in [3.63, 3.8) is 0 Å². The monoisotopic (exact) mass is 248 g/mol. The summed E-state index contributed by atoms with van der Waals surface area (Å²) in [5, 5.41) is 10.2. The fraction of sp³-hybridized carbons (Fsp3) is 0.533. The summed E-state index contributed by atoms with van der Waals surface area (Å²) in [7, 11) is 0. The highest BCUT2D eigenvalue weighted by Crippen LogP contribution is 2.38. The van der Waals surface area contributed by atoms with Gasteiger partial charge in [-0.1, -0.05) is 24.3 Å². The summed E-state index contributed by atoms with van der Waals surface area (Å²) in [5.41, 5.74) is 2.30. The number of carbonyl (C=O) groups excluding carboxylic acids is 1. The molecule has 0 saturated carbocycles. The molecule has 1 N–H and O–H groups in total. The molecule has 0 amide bonds. The summed E-state index contributed by atoms with van der Waals surface area (Å²) < 4.78 is 4.89. The molecule has 18 heavy (non-hydrogen) atoms. The van der Waals surface area contributed by atoms with E-state index in [9.17, 15) is 9.90 Å². The number of benzene rings is 1. The van der Waals surface area contributed by atoms with Crippen LogP contribution in [0.4, 0.5) is 0 Å². The highest BCUT2D eigenvalue weighted by atomic mass is 16.5. The number of esters is 1. The molecule has 0 bridgehead atoms. The molecule has 2 atom stereocenters. The summed E-state index contributed by atoms with van der Waals surface area (Å²) in [5.74, 6) is 0.110. The molecule has 1 aliphatic carbocycles. The van der Waals surface area contributed by atoms with E-state index >= 15 is 0 Å². The molecule has 0 aliphatic heterocycles. The number of aliphatic hydroxyl groups is 1. The third kappa shape index (κ3) is 2.91. The van der Waals surface area contributed by atoms with E-state index in [1.165, 1.54) is 5.56 Å². The zero-order chi connectivity index (χ0) is 13.0. The first-order valence-electron chi connectivity index (χ1n) is 6.64. The van der Waals surface area contributed by atoms with E-state index in [1.807, 2.05) is 25.1 Å². The number of hydrogen-bond donors (Lipinski definition) is 1. The van der Waals surface area contributed by atoms with Gasteiger partial charge in [-0.15, -0.1) is 0 Å². The number of rotatable bonds is 5. The lowest BCUT2D eigenvalue weighted by atomic mass is 9.97. The van der Waals surface area contributed by atoms with Gasteiger partial charge >= 0.3 is 5.97 Å². The Bertz CT molecular complexity index is 414. The molecule has 2 rings (SSSR count). The molecule has 0 saturated heterocycles. The molecule has 1 aliphatic rings. The predicted octanol–water partition coefficient (Wildman–Crippen LogP) is 2.63. The SMILES string of the molecule is CCOC(=O)CCC[C@H]1Cc2ccccc2[C@H]1O. The van der Waals surface area contributed by atoms with Crippen LogP contribution in [-0.4, -0.2) is 17.7 Å². The number of aliphatic hydroxyl groups excluding tert-OH is 1. The summed E-state index contributed by atoms with van der Waals surface area (Å²) >= 11 is 0. The first-order chi connectivity index (χ1) is 8.72. The number of hydrogen-bond acceptors (Lipinski definition) is 3. The van der Waals surface area contributed by atoms with Crippen LogP contribution in [0.25, 0.3) is 0 Å². The third-order valence-corrected chi connectivity index (χ3v) is 3.56. The maximum absolute atomic E-state index is 11.2. The Morgan fingerprint density at radius 1 is 1.44 bits per heavy atom. The number of fused-ring (bicyclic) bond motifs is 1. The van der Waals surface area contributed by atoms with Crippen molar-refractivity contribution in [3.8, 4) is 0 Å². The minimum Gasteiger partial charge on any atom is -0.466 e. The molecule has 0 fully saturated rings. The molecule has 1 aromatic carbocycles. The fourth-order valence-electron chi connectivity index (χ4n) is 2.66. The van der Waals surface area contributed by atoms with E-state index in [0.29, 0.717) is 13.0 Å². The molecule has 0 unspecified atom stereocenters. The fourth-order valence-corrected chi connectivity index (χ4v) is 2.66. The second-order valence-corrected chi connectivity index (χ2v) is 4.81. The summed E-state index contributed by atoms with van der Waals surface area (Å²) in [6.07, 6.45) is 2.65. The topological polar surface area (TPSA) is 46.5 Å². The summed E-state index contributed by atoms with van der Waals surface area (Å²) in [4.78, 5) is 11.2. The van der Waals surface area contributed by atoms with Gasteiger partial charge in [0.25, 0.3) is 0 Å². The van der Waals surface area contributed by atoms with Gasteiger partial charge in [0.05, 0.1) is 12.7 Å². The second-order valence-electron chi connectivity index (χ2n) is 4.81. The minimum atomic E-state index is -0.372. The number of ether oxygens (including phenoxy) is 1. The van der Waals surface area contributed by atoms with E-state index in [0.717, 1.165) is 24.8 Å². The molecule has 0 aromatic heterocycles. The van der Waals surface area contributed by atoms with Crippen molar-refractivity contribution in [2.45, 2.75) is 38.7 Å². The lowest BCUT2D eigenvalue weighted by molar-refractivity contribution is -0.143. The van der Waals surface area contributed by atoms with Gasteiger partial charge in [0.2, 0.25) is 0 Å². The Balaban J connectivity index is 1.81. The van der Waals surface area contributed by atoms with Crippen LogP contribution < -0.4 is 0 Å². The normalized spacial score (nSPS) is 21.7. The molecule has 0 heterocycles. The van der Waals surface area contributed by atoms with Crippen molar-refractivity contribution in [2.24, 2.45) is 5.92 Å². The van der Waals surface area contributed by atoms with Crippen LogP contribution in [0.3, 0.4) is 0 Å². The van der Waals surface area contributed by atoms with Crippen LogP contribution in [0.15, 0.2) is 24.3 Å². The highest BCUT2D eigenvalue weighted by Gasteiger charge is 2.29. The molecular formula is C15H20O3. The van der Waals surface area contributed by atoms with Gasteiger partial charge in [-0.25, -0.2) is 0 Å². The van der Waals surface area contributed by atoms with Gasteiger partial charge in [0.15, 0.2) is 0 Å². The van der Waals surface area contributed by atoms with Crippen molar-refractivity contribution in [2.75, 3.05) is 6.61 Å². The van der Waals surface area contributed by atoms with E-state index in [2.05, 4.69) is 6.07 Å². The van der Waals surface area contributed by atoms with Crippen molar-refractivity contribution in [3.05, 3.63) is 35.4 Å². The first kappa shape index (κ1) is 13.1. The lowest BCUT2D eigenvalue weighted by Crippen LogP contribution is -2.09. The van der Waals surface area contributed by atoms with E-state index in [4.69, 9.17) is 4.74 Å². The van der Waals surface area contributed by atoms with Crippen LogP contribution in [0.2, 0.25) is 0 Å². The average Bonchev–Trinajstić information content (AvgIpc) is 2.68. The highest BCUT2D eigenvalue weighted by molar-refractivity contribution is 5.69. The van der Waals surface area contributed by atoms with Gasteiger partial charge in [0.1, 0.15) is 0 Å². The van der Waals surface area contributed by atoms with E-state index < -0.39 is 0 Å². The van der Waals surface area contributed by atoms with Crippen LogP contribution >= 0.6 is 0 Å². The molecule has 3 heteroatoms. The van der Waals surface area contributed by atoms with E-state index in [1.54, 1.807) is 0 Å². The van der Waals surface area contributed by atoms with Gasteiger partial charge in [-0.2, -0.15) is 0 Å². The van der Waals surface area contributed by atoms with Gasteiger partial charge < -0.3 is 9.84 Å². The Morgan fingerprint density at radius 2 is 2.22 bits per heavy atom. The Kier molecular flexibility index (Phi) is 4.37. The molecular weight excluding hydrogens is 228 g/mol. The van der Waals surface area contributed by atoms with Crippen molar-refractivity contribution in [1.29, 1.82) is 0 Å². The zero-order valence-electron chi connectivity index (χ0n) is 10.8. The molecule has 3 nitrogen and oxygen atoms in total. The third-order valence-electron chi connectivity index (χ3n) is 3.56. The lowest BCUT2D eigenvalue weighted by Gasteiger charge is -2.14. The van der Waals surface area contributed by atoms with Gasteiger partial charge in [0, 0.05) is 6.42 Å². The first-order valence-corrected chi connectivity index (χ1v) is 6.64. The van der Waals surface area contributed by atoms with Gasteiger partial charge in [-0.05, 0) is 43.2 Å². The maximum Gasteiger partial charge on any atom is 0.305 e. The molecule has 0 spiro atoms. The quantitative estimate of drug-likeness (QED) is 0.815. The summed E-state index contributed by atoms with van der Waals surface area (Å²) in [6, 6.07) is 8.03. The minimum absolute atomic E-state index is 0.137. The predicted molar refractivity (Wildman–Crippen MR) is 69.1 cm³/mol. The zero-order valence-corrected chi connectivity index (χ0v) is 10.8. The molecule has 98 valence electrons. The number of carbonyl (C=O) groups is 1. The second kappa shape index (κ2) is 6.01. The van der Waals surface area contributed by atoms with E-state index in [-0.39, 0.29) is 18.0 Å². The van der Waals surface area contributed by atoms with Crippen molar-refractivity contribution >= 4 is 5.97 Å². The Hall–Kier alpha value is -1.35. The molecule has 1 aromatic rings. The van der Waals surface area contributed by atoms with Crippen molar-refractivity contribution < 1.29 is 14.6 Å². The van der Waals surface area contributed by atoms with Crippen molar-refractivity contribution in [1.82, 2.24) is 0 Å². The standard InChI is InChI=1S/C15H20O3/c1-2-18-14(16)9-5-7-12-10-11-6-3-4-8-13(11)15(12)17/h3-4,6,8,12,15,17H,2,5,7,9-10H2,1H3/t12-,15-/m0/s1. The molecule has 0 radical (unpaired) electrons. The van der Waals surface area contributed by atoms with Crippen LogP contribution in [0, 0.1) is 5.92 Å². The Labute approximate surface area is 108 Å². The smallest absolute Gasteiger partial charge is 0.305 e. The van der Waals surface area contributed by atoms with Crippen LogP contribution in [0.5, 0.6) is 0 Å². The van der Waals surface area contributed by atoms with Crippen LogP contribution in [-0.2, 0) is 16.0 Å². The average molecular weight is 248 g/mol. The summed E-state index contributed by atoms with van der Waals surface area (Å²) in [6.45, 7) is 2.26.